The van der Waals surface area contributed by atoms with E-state index < -0.39 is 72.0 Å². The smallest absolute Gasteiger partial charge is 0.326 e. The zero-order valence-corrected chi connectivity index (χ0v) is 21.3. The molecule has 5 unspecified atom stereocenters. The van der Waals surface area contributed by atoms with Gasteiger partial charge in [-0.15, -0.1) is 0 Å². The second-order valence-electron chi connectivity index (χ2n) is 8.98. The molecule has 0 spiro atoms. The van der Waals surface area contributed by atoms with Crippen LogP contribution in [-0.2, 0) is 35.2 Å². The summed E-state index contributed by atoms with van der Waals surface area (Å²) in [4.78, 5) is 72.7. The number of aromatic hydroxyl groups is 1. The Bertz CT molecular complexity index is 1020. The molecule has 5 atom stereocenters. The number of carbonyl (C=O) groups excluding carboxylic acids is 5. The third-order valence-corrected chi connectivity index (χ3v) is 5.85. The maximum Gasteiger partial charge on any atom is 0.326 e. The Morgan fingerprint density at radius 3 is 1.95 bits per heavy atom. The first kappa shape index (κ1) is 31.8. The maximum atomic E-state index is 13.1. The van der Waals surface area contributed by atoms with E-state index in [1.807, 2.05) is 0 Å². The summed E-state index contributed by atoms with van der Waals surface area (Å²) in [5, 5.41) is 25.8. The number of benzene rings is 1. The van der Waals surface area contributed by atoms with Crippen molar-refractivity contribution in [3.8, 4) is 5.75 Å². The summed E-state index contributed by atoms with van der Waals surface area (Å²) in [5.41, 5.74) is 16.9. The van der Waals surface area contributed by atoms with Crippen LogP contribution in [0.25, 0.3) is 0 Å². The van der Waals surface area contributed by atoms with Crippen LogP contribution in [0.2, 0.25) is 0 Å². The largest absolute Gasteiger partial charge is 0.508 e. The van der Waals surface area contributed by atoms with Gasteiger partial charge in [-0.2, -0.15) is 0 Å². The highest BCUT2D eigenvalue weighted by Gasteiger charge is 2.33. The molecular weight excluding hydrogens is 500 g/mol. The summed E-state index contributed by atoms with van der Waals surface area (Å²) in [5.74, 6) is -5.99. The lowest BCUT2D eigenvalue weighted by Crippen LogP contribution is -2.59. The van der Waals surface area contributed by atoms with Gasteiger partial charge in [-0.3, -0.25) is 24.0 Å². The van der Waals surface area contributed by atoms with Crippen LogP contribution in [0.4, 0.5) is 0 Å². The molecule has 1 aromatic rings. The molecule has 0 saturated carbocycles. The minimum Gasteiger partial charge on any atom is -0.508 e. The Labute approximate surface area is 219 Å². The number of carboxylic acid groups (broad SMARTS) is 1. The SMILES string of the molecule is CCC(C)C(NC(=O)C(CCC(N)=O)NC(=O)C(N)Cc1ccc(O)cc1)C(=O)NC(CC(N)=O)C(=O)O. The Morgan fingerprint density at radius 1 is 0.868 bits per heavy atom. The molecule has 5 amide bonds. The van der Waals surface area contributed by atoms with E-state index in [2.05, 4.69) is 16.0 Å². The summed E-state index contributed by atoms with van der Waals surface area (Å²) >= 11 is 0. The van der Waals surface area contributed by atoms with Crippen molar-refractivity contribution in [2.75, 3.05) is 0 Å². The highest BCUT2D eigenvalue weighted by Crippen LogP contribution is 2.12. The summed E-state index contributed by atoms with van der Waals surface area (Å²) in [6, 6.07) is 0.814. The number of hydrogen-bond acceptors (Lipinski definition) is 8. The van der Waals surface area contributed by atoms with Gasteiger partial charge in [0.1, 0.15) is 23.9 Å². The standard InChI is InChI=1S/C24H36N6O8/c1-3-12(2)20(23(36)29-17(24(37)38)11-19(27)33)30-22(35)16(8-9-18(26)32)28-21(34)15(25)10-13-4-6-14(31)7-5-13/h4-7,12,15-17,20,31H,3,8-11,25H2,1-2H3,(H2,26,32)(H2,27,33)(H,28,34)(H,29,36)(H,30,35)(H,37,38). The molecule has 0 fully saturated rings. The number of hydrogen-bond donors (Lipinski definition) is 8. The van der Waals surface area contributed by atoms with Crippen LogP contribution in [-0.4, -0.2) is 69.9 Å². The van der Waals surface area contributed by atoms with Gasteiger partial charge in [-0.25, -0.2) is 4.79 Å². The number of primary amides is 2. The minimum atomic E-state index is -1.60. The van der Waals surface area contributed by atoms with Gasteiger partial charge in [-0.1, -0.05) is 32.4 Å². The van der Waals surface area contributed by atoms with Gasteiger partial charge in [0.05, 0.1) is 12.5 Å². The molecule has 0 bridgehead atoms. The highest BCUT2D eigenvalue weighted by molar-refractivity contribution is 5.95. The van der Waals surface area contributed by atoms with Gasteiger partial charge >= 0.3 is 5.97 Å². The molecule has 0 aliphatic heterocycles. The number of nitrogens with one attached hydrogen (secondary N) is 3. The third-order valence-electron chi connectivity index (χ3n) is 5.85. The van der Waals surface area contributed by atoms with E-state index in [9.17, 15) is 39.0 Å². The first-order valence-corrected chi connectivity index (χ1v) is 12.0. The van der Waals surface area contributed by atoms with Crippen molar-refractivity contribution in [1.29, 1.82) is 0 Å². The first-order valence-electron chi connectivity index (χ1n) is 12.0. The molecule has 1 rings (SSSR count). The van der Waals surface area contributed by atoms with Crippen LogP contribution in [0.1, 0.15) is 45.1 Å². The number of nitrogens with two attached hydrogens (primary N) is 3. The van der Waals surface area contributed by atoms with Crippen LogP contribution in [0.3, 0.4) is 0 Å². The lowest BCUT2D eigenvalue weighted by atomic mass is 9.96. The number of carboxylic acids is 1. The number of carbonyl (C=O) groups is 6. The molecule has 210 valence electrons. The number of phenols is 1. The van der Waals surface area contributed by atoms with E-state index in [-0.39, 0.29) is 25.0 Å². The normalized spacial score (nSPS) is 14.7. The predicted molar refractivity (Wildman–Crippen MR) is 135 cm³/mol. The zero-order chi connectivity index (χ0) is 29.0. The Balaban J connectivity index is 3.03. The second-order valence-corrected chi connectivity index (χ2v) is 8.98. The topological polar surface area (TPSA) is 257 Å². The van der Waals surface area contributed by atoms with E-state index in [1.165, 1.54) is 12.1 Å². The number of amides is 5. The van der Waals surface area contributed by atoms with Gasteiger partial charge in [0.25, 0.3) is 0 Å². The fourth-order valence-corrected chi connectivity index (χ4v) is 3.43. The molecule has 0 aliphatic carbocycles. The summed E-state index contributed by atoms with van der Waals surface area (Å²) in [6.07, 6.45) is -0.608. The van der Waals surface area contributed by atoms with Crippen molar-refractivity contribution in [2.45, 2.75) is 70.1 Å². The molecule has 0 heterocycles. The van der Waals surface area contributed by atoms with E-state index in [0.717, 1.165) is 0 Å². The fourth-order valence-electron chi connectivity index (χ4n) is 3.43. The van der Waals surface area contributed by atoms with Gasteiger partial charge in [0.15, 0.2) is 0 Å². The zero-order valence-electron chi connectivity index (χ0n) is 21.3. The lowest BCUT2D eigenvalue weighted by Gasteiger charge is -2.28. The van der Waals surface area contributed by atoms with E-state index >= 15 is 0 Å². The average molecular weight is 537 g/mol. The van der Waals surface area contributed by atoms with Gasteiger partial charge in [0.2, 0.25) is 29.5 Å². The van der Waals surface area contributed by atoms with Crippen molar-refractivity contribution in [3.05, 3.63) is 29.8 Å². The summed E-state index contributed by atoms with van der Waals surface area (Å²) < 4.78 is 0. The van der Waals surface area contributed by atoms with Gasteiger partial charge in [0, 0.05) is 6.42 Å². The maximum absolute atomic E-state index is 13.1. The molecule has 1 aromatic carbocycles. The minimum absolute atomic E-state index is 0.0409. The first-order chi connectivity index (χ1) is 17.7. The van der Waals surface area contributed by atoms with Crippen molar-refractivity contribution in [1.82, 2.24) is 16.0 Å². The Hall–Kier alpha value is -4.20. The lowest BCUT2D eigenvalue weighted by molar-refractivity contribution is -0.144. The van der Waals surface area contributed by atoms with Crippen LogP contribution >= 0.6 is 0 Å². The predicted octanol–water partition coefficient (Wildman–Crippen LogP) is -2.01. The molecule has 38 heavy (non-hydrogen) atoms. The van der Waals surface area contributed by atoms with E-state index in [0.29, 0.717) is 12.0 Å². The molecule has 14 nitrogen and oxygen atoms in total. The fraction of sp³-hybridized carbons (Fsp3) is 0.500. The van der Waals surface area contributed by atoms with Crippen LogP contribution in [0, 0.1) is 5.92 Å². The van der Waals surface area contributed by atoms with Gasteiger partial charge in [-0.05, 0) is 36.5 Å². The number of aliphatic carboxylic acids is 1. The highest BCUT2D eigenvalue weighted by atomic mass is 16.4. The molecule has 14 heteroatoms. The average Bonchev–Trinajstić information content (AvgIpc) is 2.84. The second kappa shape index (κ2) is 15.1. The Kier molecular flexibility index (Phi) is 12.7. The Morgan fingerprint density at radius 2 is 1.45 bits per heavy atom. The quantitative estimate of drug-likeness (QED) is 0.116. The summed E-state index contributed by atoms with van der Waals surface area (Å²) in [7, 11) is 0. The van der Waals surface area contributed by atoms with Crippen molar-refractivity contribution >= 4 is 35.5 Å². The van der Waals surface area contributed by atoms with Crippen LogP contribution in [0.5, 0.6) is 5.75 Å². The molecular formula is C24H36N6O8. The van der Waals surface area contributed by atoms with Gasteiger partial charge < -0.3 is 43.4 Å². The molecule has 11 N–H and O–H groups in total. The molecule has 0 aliphatic rings. The van der Waals surface area contributed by atoms with Crippen LogP contribution < -0.4 is 33.2 Å². The van der Waals surface area contributed by atoms with Crippen LogP contribution in [0.15, 0.2) is 24.3 Å². The number of rotatable bonds is 16. The molecule has 0 aromatic heterocycles. The van der Waals surface area contributed by atoms with Crippen molar-refractivity contribution in [3.63, 3.8) is 0 Å². The number of phenolic OH excluding ortho intramolecular Hbond substituents is 1. The molecule has 0 radical (unpaired) electrons. The van der Waals surface area contributed by atoms with E-state index in [4.69, 9.17) is 17.2 Å². The van der Waals surface area contributed by atoms with Crippen molar-refractivity contribution < 1.29 is 39.0 Å². The van der Waals surface area contributed by atoms with Crippen molar-refractivity contribution in [2.24, 2.45) is 23.1 Å². The third kappa shape index (κ3) is 10.8. The summed E-state index contributed by atoms with van der Waals surface area (Å²) in [6.45, 7) is 3.38. The van der Waals surface area contributed by atoms with E-state index in [1.54, 1.807) is 26.0 Å². The molecule has 0 saturated heterocycles. The monoisotopic (exact) mass is 536 g/mol.